The summed E-state index contributed by atoms with van der Waals surface area (Å²) < 4.78 is 15.5. The van der Waals surface area contributed by atoms with Crippen molar-refractivity contribution in [2.24, 2.45) is 12.8 Å². The first-order valence-corrected chi connectivity index (χ1v) is 7.73. The molecule has 4 rings (SSSR count). The average Bonchev–Trinajstić information content (AvgIpc) is 3.06. The van der Waals surface area contributed by atoms with Crippen LogP contribution in [0, 0.1) is 5.82 Å². The van der Waals surface area contributed by atoms with Gasteiger partial charge in [-0.3, -0.25) is 4.79 Å². The molecule has 0 fully saturated rings. The molecule has 2 N–H and O–H groups in total. The van der Waals surface area contributed by atoms with Gasteiger partial charge in [0, 0.05) is 29.6 Å². The zero-order valence-corrected chi connectivity index (χ0v) is 12.8. The zero-order valence-electron chi connectivity index (χ0n) is 12.8. The van der Waals surface area contributed by atoms with Crippen LogP contribution in [-0.4, -0.2) is 10.5 Å². The molecule has 1 unspecified atom stereocenters. The van der Waals surface area contributed by atoms with Crippen molar-refractivity contribution in [1.82, 2.24) is 4.57 Å². The van der Waals surface area contributed by atoms with Crippen molar-refractivity contribution in [1.29, 1.82) is 0 Å². The molecule has 4 heteroatoms. The highest BCUT2D eigenvalue weighted by Crippen LogP contribution is 2.42. The number of rotatable bonds is 2. The van der Waals surface area contributed by atoms with E-state index in [0.29, 0.717) is 5.56 Å². The Kier molecular flexibility index (Phi) is 3.01. The first-order chi connectivity index (χ1) is 11.1. The van der Waals surface area contributed by atoms with E-state index in [1.165, 1.54) is 6.07 Å². The molecule has 0 aliphatic heterocycles. The lowest BCUT2D eigenvalue weighted by Gasteiger charge is -2.15. The molecule has 1 heterocycles. The summed E-state index contributed by atoms with van der Waals surface area (Å²) in [5.41, 5.74) is 10.3. The Labute approximate surface area is 133 Å². The fraction of sp³-hybridized carbons (Fsp3) is 0.211. The number of amides is 1. The third-order valence-corrected chi connectivity index (χ3v) is 4.91. The lowest BCUT2D eigenvalue weighted by atomic mass is 9.94. The molecule has 1 amide bonds. The van der Waals surface area contributed by atoms with Crippen LogP contribution in [0.2, 0.25) is 0 Å². The number of carbonyl (C=O) groups is 1. The Morgan fingerprint density at radius 2 is 2.04 bits per heavy atom. The quantitative estimate of drug-likeness (QED) is 0.774. The number of para-hydroxylation sites is 1. The number of halogens is 1. The van der Waals surface area contributed by atoms with E-state index in [-0.39, 0.29) is 11.7 Å². The molecule has 1 atom stereocenters. The van der Waals surface area contributed by atoms with Crippen molar-refractivity contribution in [3.05, 3.63) is 70.7 Å². The number of aryl methyl sites for hydroxylation is 2. The number of nitrogens with zero attached hydrogens (tertiary/aromatic N) is 1. The van der Waals surface area contributed by atoms with Crippen LogP contribution in [-0.2, 0) is 13.5 Å². The van der Waals surface area contributed by atoms with E-state index in [0.717, 1.165) is 40.6 Å². The van der Waals surface area contributed by atoms with E-state index in [2.05, 4.69) is 4.57 Å². The minimum atomic E-state index is -0.410. The number of benzene rings is 2. The van der Waals surface area contributed by atoms with Gasteiger partial charge >= 0.3 is 0 Å². The third-order valence-electron chi connectivity index (χ3n) is 4.91. The standard InChI is InChI=1S/C19H17FN2O/c1-22-16-5-3-2-4-15(16)17(19(21)23)18(22)14-8-6-11-10-12(20)7-9-13(11)14/h2-5,7,9-10,14H,6,8H2,1H3,(H2,21,23). The number of aromatic nitrogens is 1. The number of carbonyl (C=O) groups excluding carboxylic acids is 1. The van der Waals surface area contributed by atoms with Crippen LogP contribution >= 0.6 is 0 Å². The molecule has 1 aromatic heterocycles. The molecule has 116 valence electrons. The van der Waals surface area contributed by atoms with Gasteiger partial charge < -0.3 is 10.3 Å². The summed E-state index contributed by atoms with van der Waals surface area (Å²) in [6.07, 6.45) is 1.68. The molecule has 3 aromatic rings. The van der Waals surface area contributed by atoms with Crippen LogP contribution < -0.4 is 5.73 Å². The van der Waals surface area contributed by atoms with Crippen LogP contribution in [0.4, 0.5) is 4.39 Å². The van der Waals surface area contributed by atoms with Gasteiger partial charge in [-0.05, 0) is 42.2 Å². The van der Waals surface area contributed by atoms with E-state index < -0.39 is 5.91 Å². The van der Waals surface area contributed by atoms with Gasteiger partial charge in [-0.1, -0.05) is 24.3 Å². The first kappa shape index (κ1) is 14.0. The molecule has 0 bridgehead atoms. The highest BCUT2D eigenvalue weighted by Gasteiger charge is 2.31. The molecule has 23 heavy (non-hydrogen) atoms. The van der Waals surface area contributed by atoms with Crippen LogP contribution in [0.3, 0.4) is 0 Å². The van der Waals surface area contributed by atoms with Crippen molar-refractivity contribution in [2.45, 2.75) is 18.8 Å². The Hall–Kier alpha value is -2.62. The van der Waals surface area contributed by atoms with Crippen LogP contribution in [0.1, 0.15) is 39.5 Å². The summed E-state index contributed by atoms with van der Waals surface area (Å²) in [5.74, 6) is -0.547. The highest BCUT2D eigenvalue weighted by atomic mass is 19.1. The van der Waals surface area contributed by atoms with Crippen LogP contribution in [0.15, 0.2) is 42.5 Å². The molecule has 0 saturated heterocycles. The number of nitrogens with two attached hydrogens (primary N) is 1. The average molecular weight is 308 g/mol. The number of primary amides is 1. The van der Waals surface area contributed by atoms with Gasteiger partial charge in [0.15, 0.2) is 0 Å². The van der Waals surface area contributed by atoms with Gasteiger partial charge in [0.1, 0.15) is 5.82 Å². The third kappa shape index (κ3) is 1.98. The monoisotopic (exact) mass is 308 g/mol. The van der Waals surface area contributed by atoms with Gasteiger partial charge in [-0.15, -0.1) is 0 Å². The minimum Gasteiger partial charge on any atom is -0.366 e. The molecule has 1 aliphatic rings. The second kappa shape index (κ2) is 4.95. The van der Waals surface area contributed by atoms with E-state index in [9.17, 15) is 9.18 Å². The summed E-state index contributed by atoms with van der Waals surface area (Å²) in [4.78, 5) is 12.1. The summed E-state index contributed by atoms with van der Waals surface area (Å²) in [7, 11) is 1.96. The Morgan fingerprint density at radius 1 is 1.26 bits per heavy atom. The Balaban J connectivity index is 1.99. The fourth-order valence-electron chi connectivity index (χ4n) is 3.95. The lowest BCUT2D eigenvalue weighted by Crippen LogP contribution is -2.16. The maximum Gasteiger partial charge on any atom is 0.251 e. The summed E-state index contributed by atoms with van der Waals surface area (Å²) in [6, 6.07) is 12.7. The number of fused-ring (bicyclic) bond motifs is 2. The van der Waals surface area contributed by atoms with Gasteiger partial charge in [0.2, 0.25) is 0 Å². The van der Waals surface area contributed by atoms with E-state index in [4.69, 9.17) is 5.73 Å². The molecule has 0 radical (unpaired) electrons. The van der Waals surface area contributed by atoms with Gasteiger partial charge in [0.05, 0.1) is 5.56 Å². The Bertz CT molecular complexity index is 942. The van der Waals surface area contributed by atoms with Crippen molar-refractivity contribution in [2.75, 3.05) is 0 Å². The van der Waals surface area contributed by atoms with Crippen LogP contribution in [0.5, 0.6) is 0 Å². The predicted octanol–water partition coefficient (Wildman–Crippen LogP) is 3.49. The predicted molar refractivity (Wildman–Crippen MR) is 88.0 cm³/mol. The summed E-state index contributed by atoms with van der Waals surface area (Å²) in [5, 5.41) is 0.882. The first-order valence-electron chi connectivity index (χ1n) is 7.73. The fourth-order valence-corrected chi connectivity index (χ4v) is 3.95. The molecule has 3 nitrogen and oxygen atoms in total. The SMILES string of the molecule is Cn1c(C2CCc3cc(F)ccc32)c(C(N)=O)c2ccccc21. The summed E-state index contributed by atoms with van der Waals surface area (Å²) in [6.45, 7) is 0. The second-order valence-electron chi connectivity index (χ2n) is 6.14. The van der Waals surface area contributed by atoms with Crippen molar-refractivity contribution in [3.63, 3.8) is 0 Å². The minimum absolute atomic E-state index is 0.0745. The van der Waals surface area contributed by atoms with Crippen molar-refractivity contribution >= 4 is 16.8 Å². The Morgan fingerprint density at radius 3 is 2.83 bits per heavy atom. The van der Waals surface area contributed by atoms with Gasteiger partial charge in [0.25, 0.3) is 5.91 Å². The molecular weight excluding hydrogens is 291 g/mol. The largest absolute Gasteiger partial charge is 0.366 e. The summed E-state index contributed by atoms with van der Waals surface area (Å²) >= 11 is 0. The zero-order chi connectivity index (χ0) is 16.1. The molecule has 2 aromatic carbocycles. The smallest absolute Gasteiger partial charge is 0.251 e. The normalized spacial score (nSPS) is 16.7. The van der Waals surface area contributed by atoms with Crippen molar-refractivity contribution in [3.8, 4) is 0 Å². The lowest BCUT2D eigenvalue weighted by molar-refractivity contribution is 0.100. The van der Waals surface area contributed by atoms with E-state index >= 15 is 0 Å². The van der Waals surface area contributed by atoms with Crippen LogP contribution in [0.25, 0.3) is 10.9 Å². The molecular formula is C19H17FN2O. The molecule has 0 spiro atoms. The number of hydrogen-bond donors (Lipinski definition) is 1. The maximum atomic E-state index is 13.5. The highest BCUT2D eigenvalue weighted by molar-refractivity contribution is 6.08. The van der Waals surface area contributed by atoms with Crippen molar-refractivity contribution < 1.29 is 9.18 Å². The van der Waals surface area contributed by atoms with E-state index in [1.807, 2.05) is 37.4 Å². The second-order valence-corrected chi connectivity index (χ2v) is 6.14. The number of hydrogen-bond acceptors (Lipinski definition) is 1. The van der Waals surface area contributed by atoms with Gasteiger partial charge in [-0.25, -0.2) is 4.39 Å². The molecule has 1 aliphatic carbocycles. The van der Waals surface area contributed by atoms with Gasteiger partial charge in [-0.2, -0.15) is 0 Å². The topological polar surface area (TPSA) is 48.0 Å². The van der Waals surface area contributed by atoms with E-state index in [1.54, 1.807) is 6.07 Å². The maximum absolute atomic E-state index is 13.5. The molecule has 0 saturated carbocycles.